The van der Waals surface area contributed by atoms with Crippen LogP contribution in [0.5, 0.6) is 0 Å². The van der Waals surface area contributed by atoms with Crippen LogP contribution < -0.4 is 4.90 Å². The van der Waals surface area contributed by atoms with Crippen LogP contribution in [0.25, 0.3) is 28.0 Å². The van der Waals surface area contributed by atoms with Crippen LogP contribution in [0, 0.1) is 6.92 Å². The zero-order chi connectivity index (χ0) is 22.1. The maximum atomic E-state index is 11.6. The van der Waals surface area contributed by atoms with Crippen molar-refractivity contribution in [3.8, 4) is 22.4 Å². The first-order chi connectivity index (χ1) is 15.6. The van der Waals surface area contributed by atoms with Gasteiger partial charge in [-0.15, -0.1) is 0 Å². The van der Waals surface area contributed by atoms with E-state index in [-0.39, 0.29) is 6.42 Å². The van der Waals surface area contributed by atoms with E-state index < -0.39 is 5.97 Å². The quantitative estimate of drug-likeness (QED) is 0.487. The fraction of sp³-hybridized carbons (Fsp3) is 0.240. The molecule has 0 amide bonds. The summed E-state index contributed by atoms with van der Waals surface area (Å²) < 4.78 is 1.84. The number of rotatable bonds is 5. The Bertz CT molecular complexity index is 1280. The number of aliphatic carboxylic acids is 1. The predicted octanol–water partition coefficient (Wildman–Crippen LogP) is 4.55. The summed E-state index contributed by atoms with van der Waals surface area (Å²) in [5.41, 5.74) is 6.35. The van der Waals surface area contributed by atoms with Crippen molar-refractivity contribution >= 4 is 29.2 Å². The summed E-state index contributed by atoms with van der Waals surface area (Å²) in [5.74, 6) is 2.04. The lowest BCUT2D eigenvalue weighted by atomic mass is 10.0. The number of carboxylic acids is 1. The molecule has 1 N–H and O–H groups in total. The Kier molecular flexibility index (Phi) is 5.57. The van der Waals surface area contributed by atoms with Gasteiger partial charge < -0.3 is 10.0 Å². The zero-order valence-corrected chi connectivity index (χ0v) is 18.7. The number of hydrogen-bond donors (Lipinski definition) is 1. The van der Waals surface area contributed by atoms with Gasteiger partial charge in [-0.2, -0.15) is 21.4 Å². The van der Waals surface area contributed by atoms with Crippen LogP contribution >= 0.6 is 11.8 Å². The van der Waals surface area contributed by atoms with Gasteiger partial charge in [0.1, 0.15) is 5.82 Å². The first-order valence-electron chi connectivity index (χ1n) is 10.7. The molecule has 1 saturated heterocycles. The van der Waals surface area contributed by atoms with Crippen molar-refractivity contribution in [1.29, 1.82) is 0 Å². The summed E-state index contributed by atoms with van der Waals surface area (Å²) in [5, 5.41) is 14.4. The van der Waals surface area contributed by atoms with Crippen LogP contribution in [0.2, 0.25) is 0 Å². The molecule has 0 bridgehead atoms. The van der Waals surface area contributed by atoms with Gasteiger partial charge in [0.2, 0.25) is 0 Å². The average Bonchev–Trinajstić information content (AvgIpc) is 3.24. The molecule has 2 aromatic carbocycles. The molecule has 6 nitrogen and oxygen atoms in total. The minimum absolute atomic E-state index is 0.0631. The molecule has 3 heterocycles. The zero-order valence-electron chi connectivity index (χ0n) is 17.9. The van der Waals surface area contributed by atoms with Gasteiger partial charge in [-0.1, -0.05) is 48.5 Å². The van der Waals surface area contributed by atoms with E-state index in [2.05, 4.69) is 35.2 Å². The summed E-state index contributed by atoms with van der Waals surface area (Å²) >= 11 is 1.92. The minimum atomic E-state index is -0.857. The van der Waals surface area contributed by atoms with Gasteiger partial charge in [0, 0.05) is 47.5 Å². The van der Waals surface area contributed by atoms with E-state index in [1.165, 1.54) is 0 Å². The SMILES string of the molecule is Cc1nc2cc(-c3cccc(-c4ccccc4)c3)nn2c(N2CCSCC2)c1CC(=O)O. The molecule has 0 saturated carbocycles. The lowest BCUT2D eigenvalue weighted by Gasteiger charge is -2.30. The average molecular weight is 445 g/mol. The third kappa shape index (κ3) is 3.96. The third-order valence-electron chi connectivity index (χ3n) is 5.78. The van der Waals surface area contributed by atoms with Crippen LogP contribution in [0.3, 0.4) is 0 Å². The van der Waals surface area contributed by atoms with Crippen LogP contribution in [-0.4, -0.2) is 50.3 Å². The number of aromatic nitrogens is 3. The molecule has 0 spiro atoms. The number of benzene rings is 2. The molecule has 162 valence electrons. The number of thioether (sulfide) groups is 1. The third-order valence-corrected chi connectivity index (χ3v) is 6.73. The second-order valence-electron chi connectivity index (χ2n) is 7.92. The Morgan fingerprint density at radius 3 is 2.47 bits per heavy atom. The topological polar surface area (TPSA) is 70.7 Å². The molecule has 1 fully saturated rings. The van der Waals surface area contributed by atoms with Crippen molar-refractivity contribution < 1.29 is 9.90 Å². The number of anilines is 1. The highest BCUT2D eigenvalue weighted by Gasteiger charge is 2.24. The number of carbonyl (C=O) groups is 1. The number of nitrogens with zero attached hydrogens (tertiary/aromatic N) is 4. The van der Waals surface area contributed by atoms with Crippen LogP contribution in [-0.2, 0) is 11.2 Å². The summed E-state index contributed by atoms with van der Waals surface area (Å²) in [6.45, 7) is 3.63. The Balaban J connectivity index is 1.65. The molecule has 1 aliphatic heterocycles. The van der Waals surface area contributed by atoms with E-state index in [0.29, 0.717) is 0 Å². The van der Waals surface area contributed by atoms with Gasteiger partial charge in [-0.3, -0.25) is 4.79 Å². The number of carboxylic acid groups (broad SMARTS) is 1. The van der Waals surface area contributed by atoms with Gasteiger partial charge in [-0.05, 0) is 24.1 Å². The first kappa shape index (κ1) is 20.6. The van der Waals surface area contributed by atoms with E-state index in [4.69, 9.17) is 10.1 Å². The van der Waals surface area contributed by atoms with E-state index in [1.54, 1.807) is 0 Å². The molecule has 0 unspecified atom stereocenters. The van der Waals surface area contributed by atoms with E-state index >= 15 is 0 Å². The number of aryl methyl sites for hydroxylation is 1. The highest BCUT2D eigenvalue weighted by molar-refractivity contribution is 7.99. The van der Waals surface area contributed by atoms with E-state index in [9.17, 15) is 9.90 Å². The molecule has 0 radical (unpaired) electrons. The molecule has 7 heteroatoms. The van der Waals surface area contributed by atoms with Gasteiger partial charge in [0.25, 0.3) is 0 Å². The van der Waals surface area contributed by atoms with Gasteiger partial charge >= 0.3 is 5.97 Å². The molecule has 4 aromatic rings. The van der Waals surface area contributed by atoms with Crippen LogP contribution in [0.15, 0.2) is 60.7 Å². The second kappa shape index (κ2) is 8.67. The highest BCUT2D eigenvalue weighted by Crippen LogP contribution is 2.31. The van der Waals surface area contributed by atoms with Crippen molar-refractivity contribution in [2.75, 3.05) is 29.5 Å². The smallest absolute Gasteiger partial charge is 0.308 e. The van der Waals surface area contributed by atoms with E-state index in [0.717, 1.165) is 69.7 Å². The Hall–Kier alpha value is -3.32. The molecule has 1 aliphatic rings. The Labute approximate surface area is 190 Å². The van der Waals surface area contributed by atoms with Gasteiger partial charge in [0.05, 0.1) is 12.1 Å². The maximum Gasteiger partial charge on any atom is 0.308 e. The fourth-order valence-electron chi connectivity index (χ4n) is 4.22. The largest absolute Gasteiger partial charge is 0.481 e. The summed E-state index contributed by atoms with van der Waals surface area (Å²) in [6.07, 6.45) is -0.0631. The Morgan fingerprint density at radius 1 is 1.00 bits per heavy atom. The predicted molar refractivity (Wildman–Crippen MR) is 129 cm³/mol. The normalized spacial score (nSPS) is 14.1. The number of hydrogen-bond acceptors (Lipinski definition) is 5. The van der Waals surface area contributed by atoms with Crippen molar-refractivity contribution in [2.24, 2.45) is 0 Å². The summed E-state index contributed by atoms with van der Waals surface area (Å²) in [4.78, 5) is 18.6. The van der Waals surface area contributed by atoms with Crippen molar-refractivity contribution in [3.63, 3.8) is 0 Å². The second-order valence-corrected chi connectivity index (χ2v) is 9.14. The molecule has 32 heavy (non-hydrogen) atoms. The summed E-state index contributed by atoms with van der Waals surface area (Å²) in [7, 11) is 0. The van der Waals surface area contributed by atoms with Crippen LogP contribution in [0.1, 0.15) is 11.3 Å². The molecule has 2 aromatic heterocycles. The lowest BCUT2D eigenvalue weighted by molar-refractivity contribution is -0.136. The number of fused-ring (bicyclic) bond motifs is 1. The van der Waals surface area contributed by atoms with E-state index in [1.807, 2.05) is 53.5 Å². The minimum Gasteiger partial charge on any atom is -0.481 e. The lowest BCUT2D eigenvalue weighted by Crippen LogP contribution is -2.35. The van der Waals surface area contributed by atoms with Crippen LogP contribution in [0.4, 0.5) is 5.82 Å². The van der Waals surface area contributed by atoms with Crippen molar-refractivity contribution in [1.82, 2.24) is 14.6 Å². The molecule has 0 aliphatic carbocycles. The molecule has 5 rings (SSSR count). The molecular formula is C25H24N4O2S. The fourth-order valence-corrected chi connectivity index (χ4v) is 5.13. The molecule has 0 atom stereocenters. The Morgan fingerprint density at radius 2 is 1.72 bits per heavy atom. The van der Waals surface area contributed by atoms with Crippen molar-refractivity contribution in [2.45, 2.75) is 13.3 Å². The van der Waals surface area contributed by atoms with Crippen molar-refractivity contribution in [3.05, 3.63) is 71.9 Å². The molecular weight excluding hydrogens is 420 g/mol. The monoisotopic (exact) mass is 444 g/mol. The summed E-state index contributed by atoms with van der Waals surface area (Å²) in [6, 6.07) is 20.6. The van der Waals surface area contributed by atoms with Gasteiger partial charge in [-0.25, -0.2) is 4.98 Å². The highest BCUT2D eigenvalue weighted by atomic mass is 32.2. The first-order valence-corrected chi connectivity index (χ1v) is 11.9. The van der Waals surface area contributed by atoms with Gasteiger partial charge in [0.15, 0.2) is 5.65 Å². The standard InChI is InChI=1S/C25H24N4O2S/c1-17-21(15-24(30)31)25(28-10-12-32-13-11-28)29-23(26-17)16-22(27-29)20-9-5-8-19(14-20)18-6-3-2-4-7-18/h2-9,14,16H,10-13,15H2,1H3,(H,30,31). The maximum absolute atomic E-state index is 11.6.